The highest BCUT2D eigenvalue weighted by atomic mass is 35.5. The highest BCUT2D eigenvalue weighted by Crippen LogP contribution is 2.22. The van der Waals surface area contributed by atoms with Crippen molar-refractivity contribution < 1.29 is 4.79 Å². The van der Waals surface area contributed by atoms with Gasteiger partial charge in [-0.3, -0.25) is 9.69 Å². The first-order valence-electron chi connectivity index (χ1n) is 7.14. The molecule has 1 fully saturated rings. The van der Waals surface area contributed by atoms with E-state index in [0.717, 1.165) is 44.8 Å². The zero-order valence-electron chi connectivity index (χ0n) is 12.2. The molecule has 0 radical (unpaired) electrons. The number of amides is 1. The molecule has 0 unspecified atom stereocenters. The first-order valence-corrected chi connectivity index (χ1v) is 7.52. The smallest absolute Gasteiger partial charge is 0.256 e. The summed E-state index contributed by atoms with van der Waals surface area (Å²) in [6.45, 7) is 6.77. The second kappa shape index (κ2) is 6.95. The van der Waals surface area contributed by atoms with Gasteiger partial charge in [0.15, 0.2) is 0 Å². The van der Waals surface area contributed by atoms with Crippen molar-refractivity contribution in [3.8, 4) is 0 Å². The molecule has 110 valence electrons. The summed E-state index contributed by atoms with van der Waals surface area (Å²) >= 11 is 6.01. The molecule has 1 aliphatic rings. The van der Waals surface area contributed by atoms with Gasteiger partial charge >= 0.3 is 0 Å². The third-order valence-electron chi connectivity index (χ3n) is 3.68. The number of carbonyl (C=O) groups is 1. The summed E-state index contributed by atoms with van der Waals surface area (Å²) in [7, 11) is 1.82. The molecule has 1 aliphatic heterocycles. The van der Waals surface area contributed by atoms with E-state index < -0.39 is 0 Å². The lowest BCUT2D eigenvalue weighted by Crippen LogP contribution is -2.48. The van der Waals surface area contributed by atoms with E-state index in [1.807, 2.05) is 18.0 Å². The molecule has 2 rings (SSSR count). The molecule has 1 aromatic carbocycles. The molecule has 4 nitrogen and oxygen atoms in total. The van der Waals surface area contributed by atoms with Crippen molar-refractivity contribution in [1.29, 1.82) is 0 Å². The van der Waals surface area contributed by atoms with Crippen molar-refractivity contribution in [2.75, 3.05) is 45.1 Å². The van der Waals surface area contributed by atoms with Crippen molar-refractivity contribution >= 4 is 23.2 Å². The Morgan fingerprint density at radius 1 is 1.30 bits per heavy atom. The van der Waals surface area contributed by atoms with Gasteiger partial charge in [-0.25, -0.2) is 0 Å². The van der Waals surface area contributed by atoms with Crippen LogP contribution in [0.4, 0.5) is 5.69 Å². The number of hydrogen-bond acceptors (Lipinski definition) is 3. The van der Waals surface area contributed by atoms with Gasteiger partial charge in [0.2, 0.25) is 0 Å². The van der Waals surface area contributed by atoms with E-state index in [0.29, 0.717) is 10.6 Å². The van der Waals surface area contributed by atoms with E-state index in [1.54, 1.807) is 12.1 Å². The van der Waals surface area contributed by atoms with Gasteiger partial charge in [-0.05, 0) is 31.2 Å². The van der Waals surface area contributed by atoms with Gasteiger partial charge in [-0.15, -0.1) is 0 Å². The van der Waals surface area contributed by atoms with Crippen molar-refractivity contribution in [3.63, 3.8) is 0 Å². The summed E-state index contributed by atoms with van der Waals surface area (Å²) < 4.78 is 0. The van der Waals surface area contributed by atoms with Gasteiger partial charge in [-0.2, -0.15) is 0 Å². The number of rotatable bonds is 4. The SMILES string of the molecule is CCCN1CCN(C(=O)c2cc(Cl)ccc2NC)CC1. The summed E-state index contributed by atoms with van der Waals surface area (Å²) in [5, 5.41) is 3.65. The number of hydrogen-bond donors (Lipinski definition) is 1. The number of piperazine rings is 1. The van der Waals surface area contributed by atoms with E-state index in [4.69, 9.17) is 11.6 Å². The van der Waals surface area contributed by atoms with Crippen LogP contribution < -0.4 is 5.32 Å². The standard InChI is InChI=1S/C15H22ClN3O/c1-3-6-18-7-9-19(10-8-18)15(20)13-11-12(16)4-5-14(13)17-2/h4-5,11,17H,3,6-10H2,1-2H3. The molecular weight excluding hydrogens is 274 g/mol. The van der Waals surface area contributed by atoms with E-state index in [9.17, 15) is 4.79 Å². The van der Waals surface area contributed by atoms with E-state index >= 15 is 0 Å². The van der Waals surface area contributed by atoms with Crippen LogP contribution in [0, 0.1) is 0 Å². The molecule has 0 spiro atoms. The molecular formula is C15H22ClN3O. The number of halogens is 1. The Balaban J connectivity index is 2.07. The van der Waals surface area contributed by atoms with E-state index in [-0.39, 0.29) is 5.91 Å². The third kappa shape index (κ3) is 3.44. The predicted molar refractivity (Wildman–Crippen MR) is 83.6 cm³/mol. The first kappa shape index (κ1) is 15.1. The molecule has 0 aromatic heterocycles. The minimum absolute atomic E-state index is 0.0630. The largest absolute Gasteiger partial charge is 0.387 e. The maximum absolute atomic E-state index is 12.6. The maximum Gasteiger partial charge on any atom is 0.256 e. The molecule has 20 heavy (non-hydrogen) atoms. The summed E-state index contributed by atoms with van der Waals surface area (Å²) in [6.07, 6.45) is 1.16. The Kier molecular flexibility index (Phi) is 5.26. The summed E-state index contributed by atoms with van der Waals surface area (Å²) in [4.78, 5) is 16.9. The summed E-state index contributed by atoms with van der Waals surface area (Å²) in [5.41, 5.74) is 1.49. The van der Waals surface area contributed by atoms with Gasteiger partial charge in [0.05, 0.1) is 5.56 Å². The second-order valence-corrected chi connectivity index (χ2v) is 5.51. The fourth-order valence-corrected chi connectivity index (χ4v) is 2.74. The lowest BCUT2D eigenvalue weighted by Gasteiger charge is -2.34. The summed E-state index contributed by atoms with van der Waals surface area (Å²) in [6, 6.07) is 5.39. The minimum atomic E-state index is 0.0630. The molecule has 0 atom stereocenters. The number of nitrogens with one attached hydrogen (secondary N) is 1. The monoisotopic (exact) mass is 295 g/mol. The summed E-state index contributed by atoms with van der Waals surface area (Å²) in [5.74, 6) is 0.0630. The van der Waals surface area contributed by atoms with Crippen LogP contribution in [-0.2, 0) is 0 Å². The Morgan fingerprint density at radius 3 is 2.60 bits per heavy atom. The van der Waals surface area contributed by atoms with Crippen LogP contribution in [-0.4, -0.2) is 55.5 Å². The number of benzene rings is 1. The predicted octanol–water partition coefficient (Wildman–Crippen LogP) is 2.55. The van der Waals surface area contributed by atoms with Crippen LogP contribution in [0.25, 0.3) is 0 Å². The lowest BCUT2D eigenvalue weighted by atomic mass is 10.1. The Morgan fingerprint density at radius 2 is 2.00 bits per heavy atom. The second-order valence-electron chi connectivity index (χ2n) is 5.07. The average molecular weight is 296 g/mol. The maximum atomic E-state index is 12.6. The van der Waals surface area contributed by atoms with Gasteiger partial charge in [-0.1, -0.05) is 18.5 Å². The van der Waals surface area contributed by atoms with Crippen molar-refractivity contribution in [1.82, 2.24) is 9.80 Å². The molecule has 0 bridgehead atoms. The van der Waals surface area contributed by atoms with Crippen LogP contribution in [0.3, 0.4) is 0 Å². The van der Waals surface area contributed by atoms with Crippen LogP contribution >= 0.6 is 11.6 Å². The Hall–Kier alpha value is -1.26. The van der Waals surface area contributed by atoms with Crippen LogP contribution in [0.1, 0.15) is 23.7 Å². The molecule has 0 aliphatic carbocycles. The van der Waals surface area contributed by atoms with Gasteiger partial charge in [0, 0.05) is 43.9 Å². The Bertz CT molecular complexity index is 470. The first-order chi connectivity index (χ1) is 9.65. The lowest BCUT2D eigenvalue weighted by molar-refractivity contribution is 0.0638. The normalized spacial score (nSPS) is 16.2. The molecule has 1 N–H and O–H groups in total. The van der Waals surface area contributed by atoms with Crippen molar-refractivity contribution in [3.05, 3.63) is 28.8 Å². The van der Waals surface area contributed by atoms with Crippen molar-refractivity contribution in [2.24, 2.45) is 0 Å². The zero-order chi connectivity index (χ0) is 14.5. The molecule has 5 heteroatoms. The number of nitrogens with zero attached hydrogens (tertiary/aromatic N) is 2. The van der Waals surface area contributed by atoms with Gasteiger partial charge < -0.3 is 10.2 Å². The third-order valence-corrected chi connectivity index (χ3v) is 3.92. The van der Waals surface area contributed by atoms with Crippen LogP contribution in [0.5, 0.6) is 0 Å². The number of carbonyl (C=O) groups excluding carboxylic acids is 1. The molecule has 1 heterocycles. The van der Waals surface area contributed by atoms with E-state index in [2.05, 4.69) is 17.1 Å². The number of anilines is 1. The molecule has 0 saturated carbocycles. The quantitative estimate of drug-likeness (QED) is 0.927. The van der Waals surface area contributed by atoms with Gasteiger partial charge in [0.25, 0.3) is 5.91 Å². The van der Waals surface area contributed by atoms with E-state index in [1.165, 1.54) is 0 Å². The van der Waals surface area contributed by atoms with Gasteiger partial charge in [0.1, 0.15) is 0 Å². The highest BCUT2D eigenvalue weighted by Gasteiger charge is 2.23. The fourth-order valence-electron chi connectivity index (χ4n) is 2.57. The van der Waals surface area contributed by atoms with Crippen LogP contribution in [0.2, 0.25) is 5.02 Å². The average Bonchev–Trinajstić information content (AvgIpc) is 2.47. The fraction of sp³-hybridized carbons (Fsp3) is 0.533. The molecule has 1 amide bonds. The molecule has 1 aromatic rings. The molecule has 1 saturated heterocycles. The highest BCUT2D eigenvalue weighted by molar-refractivity contribution is 6.31. The zero-order valence-corrected chi connectivity index (χ0v) is 12.9. The minimum Gasteiger partial charge on any atom is -0.387 e. The topological polar surface area (TPSA) is 35.6 Å². The Labute approximate surface area is 125 Å². The van der Waals surface area contributed by atoms with Crippen LogP contribution in [0.15, 0.2) is 18.2 Å². The van der Waals surface area contributed by atoms with Crippen molar-refractivity contribution in [2.45, 2.75) is 13.3 Å².